The number of rotatable bonds is 5. The lowest BCUT2D eigenvalue weighted by molar-refractivity contribution is -0.115. The molecule has 1 heterocycles. The SMILES string of the molecule is COc1ccccc1CC(=O)Nc1cncc(-c2ccccc2)c1. The van der Waals surface area contributed by atoms with Gasteiger partial charge in [0.25, 0.3) is 0 Å². The summed E-state index contributed by atoms with van der Waals surface area (Å²) in [4.78, 5) is 16.5. The van der Waals surface area contributed by atoms with E-state index in [0.29, 0.717) is 11.4 Å². The average Bonchev–Trinajstić information content (AvgIpc) is 2.63. The number of ether oxygens (including phenoxy) is 1. The Labute approximate surface area is 141 Å². The van der Waals surface area contributed by atoms with E-state index in [0.717, 1.165) is 16.7 Å². The van der Waals surface area contributed by atoms with Gasteiger partial charge in [-0.05, 0) is 17.7 Å². The van der Waals surface area contributed by atoms with Gasteiger partial charge in [-0.1, -0.05) is 48.5 Å². The van der Waals surface area contributed by atoms with Gasteiger partial charge in [0.2, 0.25) is 5.91 Å². The number of carbonyl (C=O) groups is 1. The number of para-hydroxylation sites is 1. The van der Waals surface area contributed by atoms with Crippen LogP contribution in [0.5, 0.6) is 5.75 Å². The Morgan fingerprint density at radius 2 is 1.75 bits per heavy atom. The van der Waals surface area contributed by atoms with Gasteiger partial charge in [-0.2, -0.15) is 0 Å². The lowest BCUT2D eigenvalue weighted by Crippen LogP contribution is -2.15. The number of benzene rings is 2. The van der Waals surface area contributed by atoms with Crippen molar-refractivity contribution < 1.29 is 9.53 Å². The van der Waals surface area contributed by atoms with Gasteiger partial charge in [0.15, 0.2) is 0 Å². The summed E-state index contributed by atoms with van der Waals surface area (Å²) in [6.07, 6.45) is 3.68. The second-order valence-corrected chi connectivity index (χ2v) is 5.37. The van der Waals surface area contributed by atoms with Crippen molar-refractivity contribution in [3.05, 3.63) is 78.6 Å². The molecule has 0 atom stereocenters. The first-order valence-corrected chi connectivity index (χ1v) is 7.68. The summed E-state index contributed by atoms with van der Waals surface area (Å²) in [7, 11) is 1.60. The normalized spacial score (nSPS) is 10.2. The van der Waals surface area contributed by atoms with Gasteiger partial charge in [-0.25, -0.2) is 0 Å². The number of methoxy groups -OCH3 is 1. The molecule has 24 heavy (non-hydrogen) atoms. The summed E-state index contributed by atoms with van der Waals surface area (Å²) in [6, 6.07) is 19.4. The molecule has 1 aromatic heterocycles. The van der Waals surface area contributed by atoms with Crippen LogP contribution >= 0.6 is 0 Å². The predicted molar refractivity (Wildman–Crippen MR) is 95.0 cm³/mol. The standard InChI is InChI=1S/C20H18N2O2/c1-24-19-10-6-5-9-16(19)12-20(23)22-18-11-17(13-21-14-18)15-7-3-2-4-8-15/h2-11,13-14H,12H2,1H3,(H,22,23). The zero-order chi connectivity index (χ0) is 16.8. The second-order valence-electron chi connectivity index (χ2n) is 5.37. The molecule has 2 aromatic carbocycles. The molecule has 4 nitrogen and oxygen atoms in total. The maximum atomic E-state index is 12.3. The summed E-state index contributed by atoms with van der Waals surface area (Å²) < 4.78 is 5.28. The molecular weight excluding hydrogens is 300 g/mol. The van der Waals surface area contributed by atoms with E-state index in [1.807, 2.05) is 60.7 Å². The highest BCUT2D eigenvalue weighted by atomic mass is 16.5. The molecule has 0 radical (unpaired) electrons. The monoisotopic (exact) mass is 318 g/mol. The van der Waals surface area contributed by atoms with Crippen molar-refractivity contribution in [1.82, 2.24) is 4.98 Å². The number of anilines is 1. The predicted octanol–water partition coefficient (Wildman–Crippen LogP) is 3.94. The minimum Gasteiger partial charge on any atom is -0.496 e. The molecule has 0 spiro atoms. The van der Waals surface area contributed by atoms with Gasteiger partial charge in [-0.15, -0.1) is 0 Å². The fourth-order valence-corrected chi connectivity index (χ4v) is 2.52. The van der Waals surface area contributed by atoms with E-state index < -0.39 is 0 Å². The molecule has 1 N–H and O–H groups in total. The molecule has 1 amide bonds. The number of carbonyl (C=O) groups excluding carboxylic acids is 1. The van der Waals surface area contributed by atoms with E-state index in [-0.39, 0.29) is 12.3 Å². The van der Waals surface area contributed by atoms with Gasteiger partial charge in [0.1, 0.15) is 5.75 Å². The van der Waals surface area contributed by atoms with Crippen LogP contribution in [0.25, 0.3) is 11.1 Å². The third kappa shape index (κ3) is 3.79. The molecule has 3 aromatic rings. The van der Waals surface area contributed by atoms with Gasteiger partial charge in [0, 0.05) is 17.3 Å². The van der Waals surface area contributed by atoms with Crippen molar-refractivity contribution >= 4 is 11.6 Å². The minimum absolute atomic E-state index is 0.105. The minimum atomic E-state index is -0.105. The molecule has 0 unspecified atom stereocenters. The summed E-state index contributed by atoms with van der Waals surface area (Å²) in [5.41, 5.74) is 3.55. The summed E-state index contributed by atoms with van der Waals surface area (Å²) in [5.74, 6) is 0.607. The van der Waals surface area contributed by atoms with Crippen LogP contribution in [0.2, 0.25) is 0 Å². The Morgan fingerprint density at radius 3 is 2.54 bits per heavy atom. The van der Waals surface area contributed by atoms with Gasteiger partial charge in [0.05, 0.1) is 25.4 Å². The zero-order valence-electron chi connectivity index (χ0n) is 13.4. The summed E-state index contributed by atoms with van der Waals surface area (Å²) in [6.45, 7) is 0. The van der Waals surface area contributed by atoms with Gasteiger partial charge < -0.3 is 10.1 Å². The van der Waals surface area contributed by atoms with E-state index in [2.05, 4.69) is 10.3 Å². The largest absolute Gasteiger partial charge is 0.496 e. The van der Waals surface area contributed by atoms with Crippen molar-refractivity contribution in [3.63, 3.8) is 0 Å². The second kappa shape index (κ2) is 7.42. The van der Waals surface area contributed by atoms with Crippen LogP contribution in [0, 0.1) is 0 Å². The molecular formula is C20H18N2O2. The van der Waals surface area contributed by atoms with Crippen molar-refractivity contribution in [2.24, 2.45) is 0 Å². The van der Waals surface area contributed by atoms with Crippen LogP contribution in [-0.2, 0) is 11.2 Å². The van der Waals surface area contributed by atoms with E-state index in [1.165, 1.54) is 0 Å². The molecule has 0 fully saturated rings. The van der Waals surface area contributed by atoms with Crippen LogP contribution in [0.15, 0.2) is 73.1 Å². The number of pyridine rings is 1. The molecule has 120 valence electrons. The highest BCUT2D eigenvalue weighted by Gasteiger charge is 2.09. The number of nitrogens with one attached hydrogen (secondary N) is 1. The number of nitrogens with zero attached hydrogens (tertiary/aromatic N) is 1. The highest BCUT2D eigenvalue weighted by molar-refractivity contribution is 5.93. The topological polar surface area (TPSA) is 51.2 Å². The van der Waals surface area contributed by atoms with Crippen molar-refractivity contribution in [2.45, 2.75) is 6.42 Å². The lowest BCUT2D eigenvalue weighted by atomic mass is 10.1. The number of hydrogen-bond donors (Lipinski definition) is 1. The Kier molecular flexibility index (Phi) is 4.87. The Balaban J connectivity index is 1.73. The summed E-state index contributed by atoms with van der Waals surface area (Å²) >= 11 is 0. The number of hydrogen-bond acceptors (Lipinski definition) is 3. The number of amides is 1. The van der Waals surface area contributed by atoms with Gasteiger partial charge >= 0.3 is 0 Å². The van der Waals surface area contributed by atoms with Crippen molar-refractivity contribution in [1.29, 1.82) is 0 Å². The van der Waals surface area contributed by atoms with E-state index in [9.17, 15) is 4.79 Å². The first-order chi connectivity index (χ1) is 11.8. The fourth-order valence-electron chi connectivity index (χ4n) is 2.52. The maximum Gasteiger partial charge on any atom is 0.228 e. The van der Waals surface area contributed by atoms with Crippen LogP contribution in [0.3, 0.4) is 0 Å². The Hall–Kier alpha value is -3.14. The Bertz CT molecular complexity index is 832. The quantitative estimate of drug-likeness (QED) is 0.775. The van der Waals surface area contributed by atoms with Gasteiger partial charge in [-0.3, -0.25) is 9.78 Å². The van der Waals surface area contributed by atoms with Crippen molar-refractivity contribution in [2.75, 3.05) is 12.4 Å². The summed E-state index contributed by atoms with van der Waals surface area (Å²) in [5, 5.41) is 2.89. The highest BCUT2D eigenvalue weighted by Crippen LogP contribution is 2.22. The fraction of sp³-hybridized carbons (Fsp3) is 0.100. The van der Waals surface area contributed by atoms with Crippen LogP contribution in [0.1, 0.15) is 5.56 Å². The van der Waals surface area contributed by atoms with Crippen LogP contribution < -0.4 is 10.1 Å². The average molecular weight is 318 g/mol. The van der Waals surface area contributed by atoms with Crippen LogP contribution in [-0.4, -0.2) is 18.0 Å². The lowest BCUT2D eigenvalue weighted by Gasteiger charge is -2.09. The maximum absolute atomic E-state index is 12.3. The molecule has 0 saturated heterocycles. The Morgan fingerprint density at radius 1 is 1.00 bits per heavy atom. The van der Waals surface area contributed by atoms with Crippen LogP contribution in [0.4, 0.5) is 5.69 Å². The van der Waals surface area contributed by atoms with E-state index >= 15 is 0 Å². The smallest absolute Gasteiger partial charge is 0.228 e. The first kappa shape index (κ1) is 15.7. The molecule has 0 bridgehead atoms. The first-order valence-electron chi connectivity index (χ1n) is 7.68. The number of aromatic nitrogens is 1. The van der Waals surface area contributed by atoms with E-state index in [1.54, 1.807) is 19.5 Å². The molecule has 0 saturated carbocycles. The molecule has 4 heteroatoms. The molecule has 3 rings (SSSR count). The third-order valence-corrected chi connectivity index (χ3v) is 3.67. The molecule has 0 aliphatic carbocycles. The van der Waals surface area contributed by atoms with E-state index in [4.69, 9.17) is 4.74 Å². The molecule has 0 aliphatic heterocycles. The zero-order valence-corrected chi connectivity index (χ0v) is 13.4. The third-order valence-electron chi connectivity index (χ3n) is 3.67. The molecule has 0 aliphatic rings. The van der Waals surface area contributed by atoms with Crippen molar-refractivity contribution in [3.8, 4) is 16.9 Å².